The number of halogens is 1. The molecule has 2 aromatic heterocycles. The zero-order valence-corrected chi connectivity index (χ0v) is 21.0. The average molecular weight is 532 g/mol. The van der Waals surface area contributed by atoms with E-state index in [2.05, 4.69) is 9.82 Å². The van der Waals surface area contributed by atoms with Gasteiger partial charge in [-0.2, -0.15) is 0 Å². The molecule has 38 heavy (non-hydrogen) atoms. The van der Waals surface area contributed by atoms with Gasteiger partial charge in [-0.1, -0.05) is 41.9 Å². The molecule has 2 heterocycles. The number of aromatic nitrogens is 2. The standard InChI is InChI=1S/C28H22ClN3O6/c1-17-22(14-28(33)34)23-13-21(37-16-20-8-7-19-4-2-3-5-25(19)30-20)9-11-26(23)31(17)15-18-6-10-24(29)27(12-18)38-32(35)36/h2-13H,14-16H2,1H3,(H,33,34). The summed E-state index contributed by atoms with van der Waals surface area (Å²) in [4.78, 5) is 31.7. The maximum absolute atomic E-state index is 11.7. The van der Waals surface area contributed by atoms with E-state index in [0.717, 1.165) is 33.2 Å². The average Bonchev–Trinajstić information content (AvgIpc) is 3.14. The van der Waals surface area contributed by atoms with Crippen LogP contribution in [0.25, 0.3) is 21.8 Å². The summed E-state index contributed by atoms with van der Waals surface area (Å²) in [7, 11) is 0. The number of nitrogens with zero attached hydrogens (tertiary/aromatic N) is 3. The molecule has 0 spiro atoms. The molecule has 0 bridgehead atoms. The minimum atomic E-state index is -0.952. The Morgan fingerprint density at radius 2 is 1.92 bits per heavy atom. The monoisotopic (exact) mass is 531 g/mol. The molecule has 1 N–H and O–H groups in total. The number of carboxylic acid groups (broad SMARTS) is 1. The van der Waals surface area contributed by atoms with Crippen LogP contribution in [0.4, 0.5) is 0 Å². The molecule has 0 saturated heterocycles. The summed E-state index contributed by atoms with van der Waals surface area (Å²) in [6.07, 6.45) is -0.165. The van der Waals surface area contributed by atoms with Crippen molar-refractivity contribution in [1.82, 2.24) is 9.55 Å². The van der Waals surface area contributed by atoms with E-state index in [1.807, 2.05) is 66.1 Å². The highest BCUT2D eigenvalue weighted by Gasteiger charge is 2.18. The molecule has 5 aromatic rings. The normalized spacial score (nSPS) is 11.1. The molecular formula is C28H22ClN3O6. The van der Waals surface area contributed by atoms with Crippen LogP contribution >= 0.6 is 11.6 Å². The molecule has 0 aliphatic rings. The van der Waals surface area contributed by atoms with Gasteiger partial charge in [-0.15, -0.1) is 10.1 Å². The van der Waals surface area contributed by atoms with Gasteiger partial charge in [0.2, 0.25) is 0 Å². The van der Waals surface area contributed by atoms with Crippen molar-refractivity contribution < 1.29 is 24.6 Å². The van der Waals surface area contributed by atoms with Gasteiger partial charge < -0.3 is 14.4 Å². The first-order chi connectivity index (χ1) is 18.3. The Labute approximate surface area is 221 Å². The maximum Gasteiger partial charge on any atom is 0.307 e. The molecule has 0 amide bonds. The lowest BCUT2D eigenvalue weighted by Crippen LogP contribution is -2.07. The lowest BCUT2D eigenvalue weighted by Gasteiger charge is -2.11. The van der Waals surface area contributed by atoms with Gasteiger partial charge in [0.1, 0.15) is 18.1 Å². The van der Waals surface area contributed by atoms with E-state index in [4.69, 9.17) is 16.3 Å². The highest BCUT2D eigenvalue weighted by atomic mass is 35.5. The van der Waals surface area contributed by atoms with Crippen molar-refractivity contribution in [3.63, 3.8) is 0 Å². The smallest absolute Gasteiger partial charge is 0.307 e. The molecule has 0 unspecified atom stereocenters. The van der Waals surface area contributed by atoms with Gasteiger partial charge in [-0.25, -0.2) is 4.98 Å². The first kappa shape index (κ1) is 25.0. The van der Waals surface area contributed by atoms with Gasteiger partial charge in [0.05, 0.1) is 22.7 Å². The van der Waals surface area contributed by atoms with Gasteiger partial charge in [-0.05, 0) is 60.5 Å². The summed E-state index contributed by atoms with van der Waals surface area (Å²) in [6.45, 7) is 2.44. The second-order valence-electron chi connectivity index (χ2n) is 8.76. The van der Waals surface area contributed by atoms with Crippen LogP contribution in [0.1, 0.15) is 22.5 Å². The summed E-state index contributed by atoms with van der Waals surface area (Å²) in [6, 6.07) is 22.1. The van der Waals surface area contributed by atoms with Crippen LogP contribution < -0.4 is 9.57 Å². The van der Waals surface area contributed by atoms with E-state index in [0.29, 0.717) is 23.4 Å². The van der Waals surface area contributed by atoms with E-state index >= 15 is 0 Å². The topological polar surface area (TPSA) is 117 Å². The van der Waals surface area contributed by atoms with Crippen molar-refractivity contribution in [1.29, 1.82) is 0 Å². The quantitative estimate of drug-likeness (QED) is 0.184. The number of hydrogen-bond donors (Lipinski definition) is 1. The van der Waals surface area contributed by atoms with E-state index in [9.17, 15) is 20.0 Å². The summed E-state index contributed by atoms with van der Waals surface area (Å²) >= 11 is 6.03. The number of fused-ring (bicyclic) bond motifs is 2. The van der Waals surface area contributed by atoms with Crippen molar-refractivity contribution in [3.05, 3.63) is 110 Å². The number of benzene rings is 3. The molecule has 3 aromatic carbocycles. The van der Waals surface area contributed by atoms with Crippen LogP contribution in [0.3, 0.4) is 0 Å². The van der Waals surface area contributed by atoms with Crippen LogP contribution in [0.5, 0.6) is 11.5 Å². The Morgan fingerprint density at radius 3 is 2.71 bits per heavy atom. The number of pyridine rings is 1. The number of aliphatic carboxylic acids is 1. The summed E-state index contributed by atoms with van der Waals surface area (Å²) in [5.41, 5.74) is 4.60. The molecule has 0 saturated carbocycles. The fraction of sp³-hybridized carbons (Fsp3) is 0.143. The first-order valence-electron chi connectivity index (χ1n) is 11.7. The van der Waals surface area contributed by atoms with Gasteiger partial charge >= 0.3 is 5.97 Å². The highest BCUT2D eigenvalue weighted by Crippen LogP contribution is 2.32. The van der Waals surface area contributed by atoms with Crippen molar-refractivity contribution in [2.45, 2.75) is 26.5 Å². The van der Waals surface area contributed by atoms with E-state index in [1.54, 1.807) is 6.07 Å². The third-order valence-corrected chi connectivity index (χ3v) is 6.62. The van der Waals surface area contributed by atoms with Crippen LogP contribution in [-0.2, 0) is 24.4 Å². The predicted octanol–water partition coefficient (Wildman–Crippen LogP) is 5.98. The zero-order chi connectivity index (χ0) is 26.8. The molecule has 0 radical (unpaired) electrons. The molecule has 10 heteroatoms. The van der Waals surface area contributed by atoms with Crippen molar-refractivity contribution in [2.75, 3.05) is 0 Å². The lowest BCUT2D eigenvalue weighted by atomic mass is 10.1. The van der Waals surface area contributed by atoms with Crippen molar-refractivity contribution in [2.24, 2.45) is 0 Å². The van der Waals surface area contributed by atoms with E-state index in [1.165, 1.54) is 12.1 Å². The molecule has 0 atom stereocenters. The Morgan fingerprint density at radius 1 is 1.11 bits per heavy atom. The highest BCUT2D eigenvalue weighted by molar-refractivity contribution is 6.32. The Hall–Kier alpha value is -4.63. The summed E-state index contributed by atoms with van der Waals surface area (Å²) < 4.78 is 7.99. The second-order valence-corrected chi connectivity index (χ2v) is 9.17. The first-order valence-corrected chi connectivity index (χ1v) is 12.1. The fourth-order valence-electron chi connectivity index (χ4n) is 4.52. The molecular weight excluding hydrogens is 510 g/mol. The van der Waals surface area contributed by atoms with E-state index in [-0.39, 0.29) is 23.8 Å². The molecule has 0 aliphatic carbocycles. The predicted molar refractivity (Wildman–Crippen MR) is 142 cm³/mol. The second kappa shape index (κ2) is 10.4. The number of ether oxygens (including phenoxy) is 1. The third kappa shape index (κ3) is 5.23. The molecule has 0 aliphatic heterocycles. The molecule has 9 nitrogen and oxygen atoms in total. The summed E-state index contributed by atoms with van der Waals surface area (Å²) in [5.74, 6) is -0.427. The lowest BCUT2D eigenvalue weighted by molar-refractivity contribution is -0.711. The Kier molecular flexibility index (Phi) is 6.85. The number of carboxylic acids is 1. The third-order valence-electron chi connectivity index (χ3n) is 6.31. The summed E-state index contributed by atoms with van der Waals surface area (Å²) in [5, 5.41) is 21.4. The fourth-order valence-corrected chi connectivity index (χ4v) is 4.68. The minimum absolute atomic E-state index is 0.0629. The van der Waals surface area contributed by atoms with E-state index < -0.39 is 11.1 Å². The number of rotatable bonds is 9. The van der Waals surface area contributed by atoms with Crippen LogP contribution in [-0.4, -0.2) is 25.7 Å². The molecule has 5 rings (SSSR count). The SMILES string of the molecule is Cc1c(CC(=O)O)c2cc(OCc3ccc4ccccc4n3)ccc2n1Cc1ccc(Cl)c(O[N+](=O)[O-])c1. The minimum Gasteiger partial charge on any atom is -0.487 e. The number of para-hydroxylation sites is 1. The van der Waals surface area contributed by atoms with Crippen LogP contribution in [0.15, 0.2) is 72.8 Å². The Bertz CT molecular complexity index is 1700. The zero-order valence-electron chi connectivity index (χ0n) is 20.3. The Balaban J connectivity index is 1.46. The van der Waals surface area contributed by atoms with Gasteiger partial charge in [0.15, 0.2) is 0 Å². The maximum atomic E-state index is 11.7. The molecule has 192 valence electrons. The number of carbonyl (C=O) groups is 1. The van der Waals surface area contributed by atoms with Crippen LogP contribution in [0.2, 0.25) is 5.02 Å². The van der Waals surface area contributed by atoms with Crippen molar-refractivity contribution in [3.8, 4) is 11.5 Å². The molecule has 0 fully saturated rings. The van der Waals surface area contributed by atoms with Gasteiger partial charge in [0.25, 0.3) is 5.09 Å². The van der Waals surface area contributed by atoms with Gasteiger partial charge in [0, 0.05) is 28.5 Å². The van der Waals surface area contributed by atoms with Crippen molar-refractivity contribution >= 4 is 39.4 Å². The van der Waals surface area contributed by atoms with Crippen LogP contribution in [0, 0.1) is 17.0 Å². The van der Waals surface area contributed by atoms with Gasteiger partial charge in [-0.3, -0.25) is 9.63 Å². The number of hydrogen-bond acceptors (Lipinski definition) is 6. The largest absolute Gasteiger partial charge is 0.487 e.